The number of nitrogens with two attached hydrogens (primary N) is 1. The molecule has 3 N–H and O–H groups in total. The van der Waals surface area contributed by atoms with Crippen molar-refractivity contribution in [2.75, 3.05) is 0 Å². The van der Waals surface area contributed by atoms with Crippen LogP contribution in [0.2, 0.25) is 0 Å². The normalized spacial score (nSPS) is 11.2. The zero-order valence-corrected chi connectivity index (χ0v) is 18.2. The number of phenols is 1. The molecule has 0 spiro atoms. The van der Waals surface area contributed by atoms with Gasteiger partial charge in [-0.15, -0.1) is 0 Å². The molecule has 0 unspecified atom stereocenters. The first-order chi connectivity index (χ1) is 14.8. The highest BCUT2D eigenvalue weighted by Crippen LogP contribution is 2.32. The number of carbonyl (C=O) groups excluding carboxylic acids is 1. The number of esters is 1. The fourth-order valence-corrected chi connectivity index (χ4v) is 3.30. The zero-order chi connectivity index (χ0) is 22.4. The van der Waals surface area contributed by atoms with Crippen LogP contribution in [0.15, 0.2) is 66.7 Å². The summed E-state index contributed by atoms with van der Waals surface area (Å²) in [5.74, 6) is 0.554. The van der Waals surface area contributed by atoms with Gasteiger partial charge < -0.3 is 20.3 Å². The van der Waals surface area contributed by atoms with Crippen LogP contribution in [0.25, 0.3) is 11.1 Å². The van der Waals surface area contributed by atoms with Crippen molar-refractivity contribution < 1.29 is 19.4 Å². The third kappa shape index (κ3) is 6.09. The van der Waals surface area contributed by atoms with Gasteiger partial charge in [0.05, 0.1) is 6.42 Å². The van der Waals surface area contributed by atoms with Crippen LogP contribution in [0.4, 0.5) is 0 Å². The van der Waals surface area contributed by atoms with Crippen molar-refractivity contribution in [3.05, 3.63) is 83.4 Å². The van der Waals surface area contributed by atoms with E-state index in [-0.39, 0.29) is 24.7 Å². The molecule has 0 saturated heterocycles. The van der Waals surface area contributed by atoms with Gasteiger partial charge in [0.25, 0.3) is 0 Å². The molecule has 3 aromatic rings. The molecular weight excluding hydrogens is 390 g/mol. The Morgan fingerprint density at radius 3 is 2.42 bits per heavy atom. The van der Waals surface area contributed by atoms with E-state index in [4.69, 9.17) is 15.2 Å². The molecule has 0 radical (unpaired) electrons. The molecule has 0 atom stereocenters. The lowest BCUT2D eigenvalue weighted by Gasteiger charge is -2.20. The lowest BCUT2D eigenvalue weighted by Crippen LogP contribution is -2.25. The highest BCUT2D eigenvalue weighted by atomic mass is 16.6. The third-order valence-electron chi connectivity index (χ3n) is 4.70. The molecule has 0 fully saturated rings. The molecule has 0 heterocycles. The number of carbonyl (C=O) groups is 1. The van der Waals surface area contributed by atoms with Crippen LogP contribution in [-0.4, -0.2) is 16.7 Å². The Balaban J connectivity index is 1.75. The van der Waals surface area contributed by atoms with E-state index in [0.717, 1.165) is 22.3 Å². The van der Waals surface area contributed by atoms with E-state index < -0.39 is 5.60 Å². The highest BCUT2D eigenvalue weighted by molar-refractivity contribution is 5.74. The first-order valence-corrected chi connectivity index (χ1v) is 10.3. The Hall–Kier alpha value is -3.31. The van der Waals surface area contributed by atoms with E-state index in [1.165, 1.54) is 0 Å². The van der Waals surface area contributed by atoms with E-state index in [9.17, 15) is 9.90 Å². The number of phenolic OH excluding ortho intramolecular Hbond substituents is 1. The standard InChI is InChI=1S/C26H29NO4/c1-26(2,3)31-24(28)15-20-9-4-5-13-23(20)30-17-18-8-6-10-19(14-18)22-12-7-11-21(16-27)25(22)29/h4-14,29H,15-17,27H2,1-3H3. The molecule has 0 aliphatic carbocycles. The third-order valence-corrected chi connectivity index (χ3v) is 4.70. The summed E-state index contributed by atoms with van der Waals surface area (Å²) in [4.78, 5) is 12.2. The largest absolute Gasteiger partial charge is 0.507 e. The van der Waals surface area contributed by atoms with Gasteiger partial charge in [0, 0.05) is 23.2 Å². The predicted octanol–water partition coefficient (Wildman–Crippen LogP) is 4.98. The van der Waals surface area contributed by atoms with Gasteiger partial charge in [-0.1, -0.05) is 54.6 Å². The number of hydrogen-bond acceptors (Lipinski definition) is 5. The van der Waals surface area contributed by atoms with E-state index in [1.54, 1.807) is 0 Å². The molecule has 3 rings (SSSR count). The minimum atomic E-state index is -0.528. The van der Waals surface area contributed by atoms with Crippen molar-refractivity contribution >= 4 is 5.97 Å². The van der Waals surface area contributed by atoms with E-state index in [0.29, 0.717) is 17.9 Å². The number of ether oxygens (including phenoxy) is 2. The van der Waals surface area contributed by atoms with Gasteiger partial charge in [0.2, 0.25) is 0 Å². The SMILES string of the molecule is CC(C)(C)OC(=O)Cc1ccccc1OCc1cccc(-c2cccc(CN)c2O)c1. The van der Waals surface area contributed by atoms with Gasteiger partial charge in [-0.25, -0.2) is 0 Å². The van der Waals surface area contributed by atoms with Crippen LogP contribution in [-0.2, 0) is 29.1 Å². The molecule has 3 aromatic carbocycles. The smallest absolute Gasteiger partial charge is 0.310 e. The second-order valence-electron chi connectivity index (χ2n) is 8.38. The van der Waals surface area contributed by atoms with Crippen molar-refractivity contribution in [1.29, 1.82) is 0 Å². The summed E-state index contributed by atoms with van der Waals surface area (Å²) in [6.45, 7) is 6.15. The molecule has 0 aliphatic heterocycles. The van der Waals surface area contributed by atoms with E-state index in [1.807, 2.05) is 87.5 Å². The van der Waals surface area contributed by atoms with Gasteiger partial charge in [0.1, 0.15) is 23.7 Å². The fourth-order valence-electron chi connectivity index (χ4n) is 3.30. The monoisotopic (exact) mass is 419 g/mol. The van der Waals surface area contributed by atoms with Crippen LogP contribution >= 0.6 is 0 Å². The van der Waals surface area contributed by atoms with Crippen LogP contribution in [0, 0.1) is 0 Å². The molecule has 5 nitrogen and oxygen atoms in total. The Kier molecular flexibility index (Phi) is 6.98. The van der Waals surface area contributed by atoms with Crippen LogP contribution in [0.5, 0.6) is 11.5 Å². The minimum Gasteiger partial charge on any atom is -0.507 e. The van der Waals surface area contributed by atoms with Crippen LogP contribution in [0.3, 0.4) is 0 Å². The van der Waals surface area contributed by atoms with Crippen LogP contribution in [0.1, 0.15) is 37.5 Å². The number of aromatic hydroxyl groups is 1. The fraction of sp³-hybridized carbons (Fsp3) is 0.269. The predicted molar refractivity (Wildman–Crippen MR) is 122 cm³/mol. The highest BCUT2D eigenvalue weighted by Gasteiger charge is 2.18. The average Bonchev–Trinajstić information content (AvgIpc) is 2.72. The topological polar surface area (TPSA) is 81.8 Å². The maximum Gasteiger partial charge on any atom is 0.310 e. The number of benzene rings is 3. The summed E-state index contributed by atoms with van der Waals surface area (Å²) < 4.78 is 11.5. The van der Waals surface area contributed by atoms with Crippen molar-refractivity contribution in [1.82, 2.24) is 0 Å². The Bertz CT molecular complexity index is 1050. The second kappa shape index (κ2) is 9.67. The first kappa shape index (κ1) is 22.4. The number of rotatable bonds is 7. The van der Waals surface area contributed by atoms with Crippen LogP contribution < -0.4 is 10.5 Å². The summed E-state index contributed by atoms with van der Waals surface area (Å²) >= 11 is 0. The average molecular weight is 420 g/mol. The van der Waals surface area contributed by atoms with Gasteiger partial charge >= 0.3 is 5.97 Å². The van der Waals surface area contributed by atoms with E-state index >= 15 is 0 Å². The van der Waals surface area contributed by atoms with Crippen molar-refractivity contribution in [3.63, 3.8) is 0 Å². The Morgan fingerprint density at radius 1 is 0.968 bits per heavy atom. The summed E-state index contributed by atoms with van der Waals surface area (Å²) in [6.07, 6.45) is 0.146. The summed E-state index contributed by atoms with van der Waals surface area (Å²) in [6, 6.07) is 20.8. The Morgan fingerprint density at radius 2 is 1.68 bits per heavy atom. The lowest BCUT2D eigenvalue weighted by atomic mass is 10.00. The molecule has 0 saturated carbocycles. The number of hydrogen-bond donors (Lipinski definition) is 2. The molecule has 0 aromatic heterocycles. The zero-order valence-electron chi connectivity index (χ0n) is 18.2. The van der Waals surface area contributed by atoms with Crippen molar-refractivity contribution in [2.24, 2.45) is 5.73 Å². The quantitative estimate of drug-likeness (QED) is 0.528. The lowest BCUT2D eigenvalue weighted by molar-refractivity contribution is -0.153. The second-order valence-corrected chi connectivity index (χ2v) is 8.38. The first-order valence-electron chi connectivity index (χ1n) is 10.3. The summed E-state index contributed by atoms with van der Waals surface area (Å²) in [7, 11) is 0. The molecule has 5 heteroatoms. The summed E-state index contributed by atoms with van der Waals surface area (Å²) in [5.41, 5.74) is 9.23. The molecule has 0 bridgehead atoms. The molecule has 0 aliphatic rings. The van der Waals surface area contributed by atoms with Crippen molar-refractivity contribution in [2.45, 2.75) is 45.9 Å². The number of para-hydroxylation sites is 2. The van der Waals surface area contributed by atoms with E-state index in [2.05, 4.69) is 0 Å². The maximum atomic E-state index is 12.2. The summed E-state index contributed by atoms with van der Waals surface area (Å²) in [5, 5.41) is 10.5. The molecule has 0 amide bonds. The molecule has 31 heavy (non-hydrogen) atoms. The molecular formula is C26H29NO4. The van der Waals surface area contributed by atoms with Crippen molar-refractivity contribution in [3.8, 4) is 22.6 Å². The van der Waals surface area contributed by atoms with Gasteiger partial charge in [-0.3, -0.25) is 4.79 Å². The van der Waals surface area contributed by atoms with Gasteiger partial charge in [-0.05, 0) is 44.0 Å². The van der Waals surface area contributed by atoms with Gasteiger partial charge in [0.15, 0.2) is 0 Å². The Labute approximate surface area is 183 Å². The van der Waals surface area contributed by atoms with Gasteiger partial charge in [-0.2, -0.15) is 0 Å². The maximum absolute atomic E-state index is 12.2. The molecule has 162 valence electrons. The minimum absolute atomic E-state index is 0.146.